The Morgan fingerprint density at radius 2 is 2.17 bits per heavy atom. The van der Waals surface area contributed by atoms with Crippen molar-refractivity contribution < 1.29 is 9.90 Å². The minimum Gasteiger partial charge on any atom is -0.395 e. The Bertz CT molecular complexity index is 382. The Kier molecular flexibility index (Phi) is 7.16. The third-order valence-electron chi connectivity index (χ3n) is 2.76. The Labute approximate surface area is 117 Å². The normalized spacial score (nSPS) is 10.9. The summed E-state index contributed by atoms with van der Waals surface area (Å²) in [6, 6.07) is 7.42. The van der Waals surface area contributed by atoms with Crippen molar-refractivity contribution in [1.29, 1.82) is 0 Å². The molecule has 0 aromatic heterocycles. The van der Waals surface area contributed by atoms with Crippen molar-refractivity contribution in [2.24, 2.45) is 0 Å². The van der Waals surface area contributed by atoms with Gasteiger partial charge in [-0.05, 0) is 25.1 Å². The van der Waals surface area contributed by atoms with Gasteiger partial charge in [0.25, 0.3) is 0 Å². The topological polar surface area (TPSA) is 40.5 Å². The number of rotatable bonds is 8. The van der Waals surface area contributed by atoms with Crippen molar-refractivity contribution >= 4 is 21.7 Å². The fourth-order valence-corrected chi connectivity index (χ4v) is 2.15. The molecule has 0 fully saturated rings. The van der Waals surface area contributed by atoms with Crippen molar-refractivity contribution in [3.05, 3.63) is 34.3 Å². The molecule has 1 aromatic rings. The molecule has 0 unspecified atom stereocenters. The zero-order chi connectivity index (χ0) is 13.4. The maximum atomic E-state index is 12.1. The largest absolute Gasteiger partial charge is 0.395 e. The molecule has 4 heteroatoms. The predicted octanol–water partition coefficient (Wildman–Crippen LogP) is 2.73. The maximum absolute atomic E-state index is 12.1. The van der Waals surface area contributed by atoms with Crippen LogP contribution in [-0.2, 0) is 0 Å². The third kappa shape index (κ3) is 5.29. The van der Waals surface area contributed by atoms with Crippen LogP contribution in [0.25, 0.3) is 0 Å². The first-order valence-corrected chi connectivity index (χ1v) is 7.08. The number of nitrogens with zero attached hydrogens (tertiary/aromatic N) is 1. The Morgan fingerprint density at radius 3 is 2.78 bits per heavy atom. The average Bonchev–Trinajstić information content (AvgIpc) is 2.36. The van der Waals surface area contributed by atoms with Gasteiger partial charge in [-0.1, -0.05) is 41.4 Å². The smallest absolute Gasteiger partial charge is 0.176 e. The molecule has 0 saturated carbocycles. The van der Waals surface area contributed by atoms with Gasteiger partial charge in [0.1, 0.15) is 0 Å². The number of aliphatic hydroxyl groups excluding tert-OH is 1. The van der Waals surface area contributed by atoms with Gasteiger partial charge in [0, 0.05) is 16.6 Å². The number of hydrogen-bond donors (Lipinski definition) is 1. The molecule has 0 heterocycles. The van der Waals surface area contributed by atoms with Gasteiger partial charge in [-0.2, -0.15) is 0 Å². The van der Waals surface area contributed by atoms with Crippen LogP contribution in [0.3, 0.4) is 0 Å². The van der Waals surface area contributed by atoms with E-state index < -0.39 is 0 Å². The molecule has 0 amide bonds. The van der Waals surface area contributed by atoms with E-state index in [1.807, 2.05) is 29.2 Å². The van der Waals surface area contributed by atoms with Crippen molar-refractivity contribution in [1.82, 2.24) is 4.90 Å². The molecule has 1 aromatic carbocycles. The number of carbonyl (C=O) groups excluding carboxylic acids is 1. The molecule has 0 aliphatic carbocycles. The van der Waals surface area contributed by atoms with Crippen LogP contribution in [0.1, 0.15) is 30.1 Å². The van der Waals surface area contributed by atoms with Gasteiger partial charge in [0.05, 0.1) is 13.2 Å². The molecule has 0 radical (unpaired) electrons. The average molecular weight is 314 g/mol. The lowest BCUT2D eigenvalue weighted by atomic mass is 10.1. The Hall–Kier alpha value is -0.710. The van der Waals surface area contributed by atoms with Crippen molar-refractivity contribution in [2.75, 3.05) is 26.2 Å². The standard InChI is InChI=1S/C14H20BrNO2/c1-2-3-7-16(8-9-17)11-14(18)12-5-4-6-13(15)10-12/h4-6,10,17H,2-3,7-9,11H2,1H3. The predicted molar refractivity (Wildman–Crippen MR) is 76.9 cm³/mol. The summed E-state index contributed by atoms with van der Waals surface area (Å²) in [5, 5.41) is 9.00. The summed E-state index contributed by atoms with van der Waals surface area (Å²) in [4.78, 5) is 14.1. The van der Waals surface area contributed by atoms with E-state index in [2.05, 4.69) is 22.9 Å². The second-order valence-electron chi connectivity index (χ2n) is 4.29. The van der Waals surface area contributed by atoms with Crippen molar-refractivity contribution in [2.45, 2.75) is 19.8 Å². The van der Waals surface area contributed by atoms with E-state index in [1.54, 1.807) is 0 Å². The molecule has 0 aliphatic rings. The second kappa shape index (κ2) is 8.40. The summed E-state index contributed by atoms with van der Waals surface area (Å²) < 4.78 is 0.913. The fourth-order valence-electron chi connectivity index (χ4n) is 1.75. The number of halogens is 1. The van der Waals surface area contributed by atoms with Crippen LogP contribution in [0.15, 0.2) is 28.7 Å². The van der Waals surface area contributed by atoms with Gasteiger partial charge in [-0.25, -0.2) is 0 Å². The minimum atomic E-state index is 0.0927. The van der Waals surface area contributed by atoms with E-state index in [-0.39, 0.29) is 12.4 Å². The van der Waals surface area contributed by atoms with Crippen LogP contribution in [-0.4, -0.2) is 42.0 Å². The highest BCUT2D eigenvalue weighted by Gasteiger charge is 2.12. The first kappa shape index (κ1) is 15.3. The highest BCUT2D eigenvalue weighted by molar-refractivity contribution is 9.10. The molecule has 0 bridgehead atoms. The number of benzene rings is 1. The molecular weight excluding hydrogens is 294 g/mol. The number of Topliss-reactive ketones (excluding diaryl/α,β-unsaturated/α-hetero) is 1. The van der Waals surface area contributed by atoms with E-state index in [0.29, 0.717) is 18.7 Å². The Balaban J connectivity index is 2.59. The summed E-state index contributed by atoms with van der Waals surface area (Å²) in [5.74, 6) is 0.0980. The molecular formula is C14H20BrNO2. The van der Waals surface area contributed by atoms with Gasteiger partial charge in [0.15, 0.2) is 5.78 Å². The SMILES string of the molecule is CCCCN(CCO)CC(=O)c1cccc(Br)c1. The van der Waals surface area contributed by atoms with Gasteiger partial charge in [-0.3, -0.25) is 9.69 Å². The number of hydrogen-bond acceptors (Lipinski definition) is 3. The summed E-state index contributed by atoms with van der Waals surface area (Å²) in [6.45, 7) is 4.00. The lowest BCUT2D eigenvalue weighted by Gasteiger charge is -2.20. The number of aliphatic hydroxyl groups is 1. The molecule has 0 saturated heterocycles. The van der Waals surface area contributed by atoms with Crippen LogP contribution < -0.4 is 0 Å². The molecule has 3 nitrogen and oxygen atoms in total. The maximum Gasteiger partial charge on any atom is 0.176 e. The lowest BCUT2D eigenvalue weighted by Crippen LogP contribution is -2.33. The fraction of sp³-hybridized carbons (Fsp3) is 0.500. The molecule has 1 N–H and O–H groups in total. The lowest BCUT2D eigenvalue weighted by molar-refractivity contribution is 0.0913. The summed E-state index contributed by atoms with van der Waals surface area (Å²) in [7, 11) is 0. The van der Waals surface area contributed by atoms with E-state index in [4.69, 9.17) is 5.11 Å². The van der Waals surface area contributed by atoms with Gasteiger partial charge < -0.3 is 5.11 Å². The molecule has 18 heavy (non-hydrogen) atoms. The van der Waals surface area contributed by atoms with Crippen LogP contribution in [0.2, 0.25) is 0 Å². The van der Waals surface area contributed by atoms with E-state index in [0.717, 1.165) is 23.9 Å². The van der Waals surface area contributed by atoms with E-state index in [9.17, 15) is 4.79 Å². The summed E-state index contributed by atoms with van der Waals surface area (Å²) in [5.41, 5.74) is 0.712. The van der Waals surface area contributed by atoms with Crippen LogP contribution in [0.4, 0.5) is 0 Å². The van der Waals surface area contributed by atoms with Crippen molar-refractivity contribution in [3.8, 4) is 0 Å². The van der Waals surface area contributed by atoms with Crippen molar-refractivity contribution in [3.63, 3.8) is 0 Å². The quantitative estimate of drug-likeness (QED) is 0.750. The summed E-state index contributed by atoms with van der Waals surface area (Å²) in [6.07, 6.45) is 2.14. The first-order chi connectivity index (χ1) is 8.67. The van der Waals surface area contributed by atoms with Gasteiger partial charge >= 0.3 is 0 Å². The van der Waals surface area contributed by atoms with Gasteiger partial charge in [-0.15, -0.1) is 0 Å². The van der Waals surface area contributed by atoms with Crippen LogP contribution in [0.5, 0.6) is 0 Å². The Morgan fingerprint density at radius 1 is 1.39 bits per heavy atom. The number of unbranched alkanes of at least 4 members (excludes halogenated alkanes) is 1. The van der Waals surface area contributed by atoms with Crippen LogP contribution in [0, 0.1) is 0 Å². The third-order valence-corrected chi connectivity index (χ3v) is 3.25. The molecule has 100 valence electrons. The zero-order valence-corrected chi connectivity index (χ0v) is 12.3. The highest BCUT2D eigenvalue weighted by atomic mass is 79.9. The highest BCUT2D eigenvalue weighted by Crippen LogP contribution is 2.12. The van der Waals surface area contributed by atoms with E-state index >= 15 is 0 Å². The second-order valence-corrected chi connectivity index (χ2v) is 5.20. The monoisotopic (exact) mass is 313 g/mol. The minimum absolute atomic E-state index is 0.0927. The number of ketones is 1. The summed E-state index contributed by atoms with van der Waals surface area (Å²) >= 11 is 3.36. The number of carbonyl (C=O) groups is 1. The molecule has 0 aliphatic heterocycles. The van der Waals surface area contributed by atoms with Gasteiger partial charge in [0.2, 0.25) is 0 Å². The first-order valence-electron chi connectivity index (χ1n) is 6.29. The zero-order valence-electron chi connectivity index (χ0n) is 10.7. The molecule has 1 rings (SSSR count). The van der Waals surface area contributed by atoms with Crippen LogP contribution >= 0.6 is 15.9 Å². The molecule has 0 atom stereocenters. The molecule has 0 spiro atoms. The van der Waals surface area contributed by atoms with E-state index in [1.165, 1.54) is 0 Å².